The normalized spacial score (nSPS) is 15.9. The molecule has 2 atom stereocenters. The Hall–Kier alpha value is -2.47. The van der Waals surface area contributed by atoms with Gasteiger partial charge in [0, 0.05) is 23.3 Å². The molecule has 0 aromatic rings. The number of carboxylic acids is 2. The fraction of sp³-hybridized carbons (Fsp3) is 0.478. The van der Waals surface area contributed by atoms with E-state index >= 15 is 0 Å². The maximum Gasteiger partial charge on any atom is 0.333 e. The first kappa shape index (κ1) is 28.6. The highest BCUT2D eigenvalue weighted by Gasteiger charge is 2.36. The van der Waals surface area contributed by atoms with Gasteiger partial charge in [-0.05, 0) is 61.4 Å². The third-order valence-corrected chi connectivity index (χ3v) is 6.26. The van der Waals surface area contributed by atoms with E-state index in [4.69, 9.17) is 19.7 Å². The maximum absolute atomic E-state index is 13.2. The van der Waals surface area contributed by atoms with E-state index in [9.17, 15) is 19.2 Å². The predicted molar refractivity (Wildman–Crippen MR) is 130 cm³/mol. The number of ketones is 1. The number of carbonyl (C=O) groups excluding carboxylic acids is 2. The number of ether oxygens (including phenoxy) is 2. The highest BCUT2D eigenvalue weighted by atomic mass is 127. The summed E-state index contributed by atoms with van der Waals surface area (Å²) in [6, 6.07) is 0. The van der Waals surface area contributed by atoms with Gasteiger partial charge in [0.15, 0.2) is 3.61 Å². The quantitative estimate of drug-likeness (QED) is 0.139. The molecule has 2 N–H and O–H groups in total. The molecule has 0 bridgehead atoms. The van der Waals surface area contributed by atoms with E-state index in [1.807, 2.05) is 29.5 Å². The van der Waals surface area contributed by atoms with Gasteiger partial charge >= 0.3 is 17.9 Å². The zero-order valence-electron chi connectivity index (χ0n) is 19.0. The highest BCUT2D eigenvalue weighted by Crippen LogP contribution is 2.31. The van der Waals surface area contributed by atoms with Crippen molar-refractivity contribution in [3.8, 4) is 0 Å². The van der Waals surface area contributed by atoms with Gasteiger partial charge in [0.2, 0.25) is 5.78 Å². The van der Waals surface area contributed by atoms with Crippen molar-refractivity contribution in [2.75, 3.05) is 19.7 Å². The van der Waals surface area contributed by atoms with Crippen LogP contribution in [-0.4, -0.2) is 68.2 Å². The highest BCUT2D eigenvalue weighted by molar-refractivity contribution is 14.1. The Morgan fingerprint density at radius 1 is 1.21 bits per heavy atom. The molecule has 0 radical (unpaired) electrons. The summed E-state index contributed by atoms with van der Waals surface area (Å²) in [4.78, 5) is 48.2. The van der Waals surface area contributed by atoms with Crippen LogP contribution in [0.25, 0.3) is 0 Å². The number of hydrogen-bond acceptors (Lipinski definition) is 7. The SMILES string of the molecule is C=C(C)C(=O)OC(C)CCOC(I)(CC)C(=O)C1=CC=C(N(CC(=O)O)CC(=O)O)C=CC1. The summed E-state index contributed by atoms with van der Waals surface area (Å²) >= 11 is 1.97. The largest absolute Gasteiger partial charge is 0.480 e. The molecule has 0 fully saturated rings. The fourth-order valence-electron chi connectivity index (χ4n) is 2.86. The second-order valence-corrected chi connectivity index (χ2v) is 9.32. The molecule has 1 rings (SSSR count). The molecular formula is C23H30INO8. The van der Waals surface area contributed by atoms with Crippen LogP contribution in [0.4, 0.5) is 0 Å². The van der Waals surface area contributed by atoms with Crippen molar-refractivity contribution in [2.45, 2.75) is 49.7 Å². The Balaban J connectivity index is 2.90. The van der Waals surface area contributed by atoms with Crippen LogP contribution in [0.2, 0.25) is 0 Å². The molecule has 0 heterocycles. The molecule has 0 aromatic heterocycles. The second kappa shape index (κ2) is 13.3. The summed E-state index contributed by atoms with van der Waals surface area (Å²) in [5.41, 5.74) is 1.14. The van der Waals surface area contributed by atoms with Gasteiger partial charge < -0.3 is 24.6 Å². The van der Waals surface area contributed by atoms with Gasteiger partial charge in [0.05, 0.1) is 6.61 Å². The minimum atomic E-state index is -1.16. The van der Waals surface area contributed by atoms with E-state index in [0.717, 1.165) is 0 Å². The first-order chi connectivity index (χ1) is 15.4. The fourth-order valence-corrected chi connectivity index (χ4v) is 3.42. The van der Waals surface area contributed by atoms with Crippen LogP contribution >= 0.6 is 22.6 Å². The van der Waals surface area contributed by atoms with Crippen LogP contribution in [0.5, 0.6) is 0 Å². The number of esters is 1. The number of aliphatic carboxylic acids is 2. The van der Waals surface area contributed by atoms with E-state index in [2.05, 4.69) is 6.58 Å². The standard InChI is InChI=1S/C23H30INO8/c1-5-23(24,32-12-11-16(4)33-22(31)15(2)3)21(30)17-7-6-8-18(10-9-17)25(13-19(26)27)14-20(28)29/h6,8-10,16H,2,5,7,11-14H2,1,3-4H3,(H,26,27)(H,28,29). The first-order valence-electron chi connectivity index (χ1n) is 10.4. The lowest BCUT2D eigenvalue weighted by Gasteiger charge is -2.27. The van der Waals surface area contributed by atoms with Crippen LogP contribution in [-0.2, 0) is 28.7 Å². The topological polar surface area (TPSA) is 130 Å². The molecule has 0 spiro atoms. The van der Waals surface area contributed by atoms with E-state index in [1.165, 1.54) is 11.0 Å². The van der Waals surface area contributed by atoms with E-state index in [1.54, 1.807) is 32.1 Å². The van der Waals surface area contributed by atoms with E-state index in [-0.39, 0.29) is 18.8 Å². The number of carbonyl (C=O) groups is 4. The van der Waals surface area contributed by atoms with Crippen LogP contribution in [0, 0.1) is 0 Å². The summed E-state index contributed by atoms with van der Waals surface area (Å²) in [5, 5.41) is 18.1. The van der Waals surface area contributed by atoms with Gasteiger partial charge in [-0.3, -0.25) is 14.4 Å². The summed E-state index contributed by atoms with van der Waals surface area (Å²) in [6.45, 7) is 7.89. The Morgan fingerprint density at radius 3 is 2.33 bits per heavy atom. The van der Waals surface area contributed by atoms with Crippen LogP contribution in [0.3, 0.4) is 0 Å². The Bertz CT molecular complexity index is 860. The van der Waals surface area contributed by atoms with Gasteiger partial charge in [0.25, 0.3) is 0 Å². The number of nitrogens with zero attached hydrogens (tertiary/aromatic N) is 1. The van der Waals surface area contributed by atoms with Crippen molar-refractivity contribution in [3.05, 3.63) is 47.7 Å². The number of hydrogen-bond donors (Lipinski definition) is 2. The van der Waals surface area contributed by atoms with Crippen molar-refractivity contribution in [3.63, 3.8) is 0 Å². The zero-order valence-corrected chi connectivity index (χ0v) is 21.2. The third-order valence-electron chi connectivity index (χ3n) is 4.70. The lowest BCUT2D eigenvalue weighted by Crippen LogP contribution is -2.36. The van der Waals surface area contributed by atoms with Gasteiger partial charge in [-0.25, -0.2) is 4.79 Å². The molecule has 0 aromatic carbocycles. The van der Waals surface area contributed by atoms with Crippen molar-refractivity contribution in [2.24, 2.45) is 0 Å². The summed E-state index contributed by atoms with van der Waals surface area (Å²) in [7, 11) is 0. The Morgan fingerprint density at radius 2 is 1.82 bits per heavy atom. The molecule has 0 amide bonds. The number of alkyl halides is 1. The van der Waals surface area contributed by atoms with E-state index in [0.29, 0.717) is 29.7 Å². The summed E-state index contributed by atoms with van der Waals surface area (Å²) in [5.74, 6) is -3.04. The lowest BCUT2D eigenvalue weighted by molar-refractivity contribution is -0.145. The lowest BCUT2D eigenvalue weighted by atomic mass is 10.0. The molecule has 9 nitrogen and oxygen atoms in total. The molecule has 0 aliphatic heterocycles. The smallest absolute Gasteiger partial charge is 0.333 e. The maximum atomic E-state index is 13.2. The van der Waals surface area contributed by atoms with Crippen molar-refractivity contribution in [1.82, 2.24) is 4.90 Å². The van der Waals surface area contributed by atoms with Gasteiger partial charge in [-0.15, -0.1) is 0 Å². The molecule has 10 heteroatoms. The minimum Gasteiger partial charge on any atom is -0.480 e. The number of halogens is 1. The zero-order chi connectivity index (χ0) is 25.2. The molecular weight excluding hydrogens is 545 g/mol. The average Bonchev–Trinajstić information content (AvgIpc) is 2.98. The molecule has 1 aliphatic rings. The minimum absolute atomic E-state index is 0.197. The number of allylic oxidation sites excluding steroid dienone is 4. The summed E-state index contributed by atoms with van der Waals surface area (Å²) in [6.07, 6.45) is 7.07. The Labute approximate surface area is 206 Å². The van der Waals surface area contributed by atoms with Crippen molar-refractivity contribution >= 4 is 46.3 Å². The van der Waals surface area contributed by atoms with Gasteiger partial charge in [0.1, 0.15) is 19.2 Å². The number of rotatable bonds is 14. The molecule has 0 saturated heterocycles. The summed E-state index contributed by atoms with van der Waals surface area (Å²) < 4.78 is 9.99. The predicted octanol–water partition coefficient (Wildman–Crippen LogP) is 3.25. The molecule has 2 unspecified atom stereocenters. The van der Waals surface area contributed by atoms with Crippen LogP contribution < -0.4 is 0 Å². The monoisotopic (exact) mass is 575 g/mol. The van der Waals surface area contributed by atoms with Gasteiger partial charge in [-0.2, -0.15) is 0 Å². The van der Waals surface area contributed by atoms with Crippen molar-refractivity contribution in [1.29, 1.82) is 0 Å². The molecule has 1 aliphatic carbocycles. The molecule has 182 valence electrons. The van der Waals surface area contributed by atoms with Crippen molar-refractivity contribution < 1.29 is 38.9 Å². The average molecular weight is 575 g/mol. The third kappa shape index (κ3) is 9.50. The number of carboxylic acid groups (broad SMARTS) is 2. The number of Topliss-reactive ketones (excluding diaryl/α,β-unsaturated/α-hetero) is 1. The second-order valence-electron chi connectivity index (χ2n) is 7.58. The molecule has 0 saturated carbocycles. The van der Waals surface area contributed by atoms with Crippen LogP contribution in [0.1, 0.15) is 40.0 Å². The van der Waals surface area contributed by atoms with Gasteiger partial charge in [-0.1, -0.05) is 25.7 Å². The molecule has 33 heavy (non-hydrogen) atoms. The Kier molecular flexibility index (Phi) is 11.5. The van der Waals surface area contributed by atoms with Crippen LogP contribution in [0.15, 0.2) is 47.7 Å². The first-order valence-corrected chi connectivity index (χ1v) is 11.5. The van der Waals surface area contributed by atoms with E-state index < -0.39 is 40.7 Å².